The fourth-order valence-corrected chi connectivity index (χ4v) is 26.1. The minimum absolute atomic E-state index is 0.324. The quantitative estimate of drug-likeness (QED) is 0.0732. The lowest BCUT2D eigenvalue weighted by molar-refractivity contribution is -0.577. The molecule has 2 atom stereocenters. The van der Waals surface area contributed by atoms with Crippen LogP contribution in [0.25, 0.3) is 0 Å². The van der Waals surface area contributed by atoms with Crippen LogP contribution in [0.1, 0.15) is 6.42 Å². The van der Waals surface area contributed by atoms with Gasteiger partial charge in [0.2, 0.25) is 0 Å². The predicted molar refractivity (Wildman–Crippen MR) is 143 cm³/mol. The maximum absolute atomic E-state index is 14.6. The molecule has 1 rings (SSSR count). The Morgan fingerprint density at radius 3 is 1.15 bits per heavy atom. The van der Waals surface area contributed by atoms with Gasteiger partial charge in [-0.3, -0.25) is 9.47 Å². The topological polar surface area (TPSA) is 90.9 Å². The van der Waals surface area contributed by atoms with Gasteiger partial charge in [0.25, 0.3) is 0 Å². The van der Waals surface area contributed by atoms with Gasteiger partial charge in [0.1, 0.15) is 0 Å². The fourth-order valence-electron chi connectivity index (χ4n) is 4.53. The second kappa shape index (κ2) is 15.0. The van der Waals surface area contributed by atoms with E-state index in [4.69, 9.17) is 16.5 Å². The van der Waals surface area contributed by atoms with E-state index in [1.807, 2.05) is 4.74 Å². The van der Waals surface area contributed by atoms with Gasteiger partial charge in [-0.2, -0.15) is 92.2 Å². The smallest absolute Gasteiger partial charge is 0.459 e. The number of esters is 1. The van der Waals surface area contributed by atoms with E-state index < -0.39 is 114 Å². The Morgan fingerprint density at radius 1 is 0.473 bits per heavy atom. The Kier molecular flexibility index (Phi) is 14.1. The van der Waals surface area contributed by atoms with Gasteiger partial charge in [0.15, 0.2) is 0 Å². The zero-order valence-electron chi connectivity index (χ0n) is 28.2. The third-order valence-electron chi connectivity index (χ3n) is 6.15. The van der Waals surface area contributed by atoms with Crippen molar-refractivity contribution in [2.75, 3.05) is 6.61 Å². The van der Waals surface area contributed by atoms with E-state index >= 15 is 0 Å². The lowest BCUT2D eigenvalue weighted by atomic mass is 10.2. The number of ether oxygens (including phenoxy) is 4. The normalized spacial score (nSPS) is 22.5. The van der Waals surface area contributed by atoms with Crippen molar-refractivity contribution in [3.63, 3.8) is 0 Å². The Morgan fingerprint density at radius 2 is 0.800 bits per heavy atom. The molecule has 0 saturated carbocycles. The van der Waals surface area contributed by atoms with Gasteiger partial charge in [-0.05, 0) is 58.3 Å². The van der Waals surface area contributed by atoms with Crippen molar-refractivity contribution in [1.29, 1.82) is 0 Å². The molecule has 1 aliphatic rings. The van der Waals surface area contributed by atoms with Crippen LogP contribution >= 0.6 is 0 Å². The number of hydrogen-bond donors (Lipinski definition) is 0. The summed E-state index contributed by atoms with van der Waals surface area (Å²) in [6.45, 7) is 9.60. The molecule has 0 bridgehead atoms. The number of rotatable bonds is 14. The molecule has 0 spiro atoms. The molecule has 0 aromatic heterocycles. The Balaban J connectivity index is 3.38. The third kappa shape index (κ3) is 11.4. The molecule has 34 heteroatoms. The molecule has 0 N–H and O–H groups in total. The van der Waals surface area contributed by atoms with Crippen molar-refractivity contribution < 1.29 is 132 Å². The molecule has 0 aromatic rings. The Hall–Kier alpha value is -1.41. The van der Waals surface area contributed by atoms with Crippen molar-refractivity contribution in [2.24, 2.45) is 0 Å². The molecule has 1 aliphatic heterocycles. The fraction of sp³-hybridized carbons (Fsp3) is 0.952. The standard InChI is InChI=1S/C21H27F21O9Si4/c1-52(2)48-53(3,4)50-55(7,51-54(5,6)49-52)10-8-9-44-11(43)12(22,23)45-20(39,40)14(26,17(31,32)33)47-21(41,42)15(27,18(34,35)36)46-19(37,38)13(24,25)16(28,29)30/h8-10H2,1-7H3. The van der Waals surface area contributed by atoms with E-state index in [2.05, 4.69) is 4.74 Å². The summed E-state index contributed by atoms with van der Waals surface area (Å²) in [5.74, 6) is -28.6. The highest BCUT2D eigenvalue weighted by molar-refractivity contribution is 6.93. The van der Waals surface area contributed by atoms with E-state index in [1.165, 1.54) is 16.0 Å². The van der Waals surface area contributed by atoms with Crippen LogP contribution in [-0.4, -0.2) is 107 Å². The molecule has 0 aliphatic carbocycles. The summed E-state index contributed by atoms with van der Waals surface area (Å²) in [7, 11) is -12.5. The zero-order valence-corrected chi connectivity index (χ0v) is 32.2. The maximum Gasteiger partial charge on any atom is 0.462 e. The molecule has 1 fully saturated rings. The minimum atomic E-state index is -8.62. The first-order chi connectivity index (χ1) is 23.6. The van der Waals surface area contributed by atoms with Gasteiger partial charge < -0.3 is 21.2 Å². The van der Waals surface area contributed by atoms with Gasteiger partial charge in [-0.1, -0.05) is 0 Å². The van der Waals surface area contributed by atoms with Crippen molar-refractivity contribution in [3.05, 3.63) is 0 Å². The molecule has 0 amide bonds. The van der Waals surface area contributed by atoms with Gasteiger partial charge in [0.05, 0.1) is 6.61 Å². The first kappa shape index (κ1) is 51.6. The molecule has 0 aromatic carbocycles. The maximum atomic E-state index is 14.6. The van der Waals surface area contributed by atoms with E-state index in [0.29, 0.717) is 0 Å². The molecular weight excluding hydrogens is 908 g/mol. The number of hydrogen-bond acceptors (Lipinski definition) is 9. The van der Waals surface area contributed by atoms with Gasteiger partial charge in [-0.25, -0.2) is 9.53 Å². The number of carbonyl (C=O) groups is 1. The van der Waals surface area contributed by atoms with Crippen molar-refractivity contribution in [1.82, 2.24) is 0 Å². The van der Waals surface area contributed by atoms with Crippen LogP contribution in [0.15, 0.2) is 0 Å². The minimum Gasteiger partial charge on any atom is -0.459 e. The number of alkyl halides is 21. The van der Waals surface area contributed by atoms with Crippen molar-refractivity contribution in [2.45, 2.75) is 119 Å². The highest BCUT2D eigenvalue weighted by Gasteiger charge is 2.88. The molecule has 9 nitrogen and oxygen atoms in total. The van der Waals surface area contributed by atoms with Gasteiger partial charge in [0, 0.05) is 0 Å². The van der Waals surface area contributed by atoms with Gasteiger partial charge in [-0.15, -0.1) is 0 Å². The average molecular weight is 935 g/mol. The lowest BCUT2D eigenvalue weighted by Gasteiger charge is -2.47. The summed E-state index contributed by atoms with van der Waals surface area (Å²) < 4.78 is 315. The van der Waals surface area contributed by atoms with Crippen LogP contribution in [0, 0.1) is 0 Å². The van der Waals surface area contributed by atoms with Crippen LogP contribution < -0.4 is 0 Å². The van der Waals surface area contributed by atoms with Crippen LogP contribution in [0.3, 0.4) is 0 Å². The highest BCUT2D eigenvalue weighted by Crippen LogP contribution is 2.59. The zero-order chi connectivity index (χ0) is 44.4. The molecular formula is C21H27F21O9Si4. The predicted octanol–water partition coefficient (Wildman–Crippen LogP) is 9.25. The third-order valence-corrected chi connectivity index (χ3v) is 22.7. The van der Waals surface area contributed by atoms with E-state index in [0.717, 1.165) is 0 Å². The van der Waals surface area contributed by atoms with Crippen molar-refractivity contribution in [3.8, 4) is 0 Å². The lowest BCUT2D eigenvalue weighted by Crippen LogP contribution is -2.70. The molecule has 328 valence electrons. The highest BCUT2D eigenvalue weighted by atomic mass is 28.5. The Labute approximate surface area is 298 Å². The molecule has 0 radical (unpaired) electrons. The molecule has 1 heterocycles. The number of halogens is 21. The molecule has 1 saturated heterocycles. The average Bonchev–Trinajstić information content (AvgIpc) is 2.84. The van der Waals surface area contributed by atoms with Crippen LogP contribution in [0.5, 0.6) is 0 Å². The van der Waals surface area contributed by atoms with Gasteiger partial charge >= 0.3 is 101 Å². The summed E-state index contributed by atoms with van der Waals surface area (Å²) in [5, 5.41) is 0. The second-order valence-electron chi connectivity index (χ2n) is 12.6. The van der Waals surface area contributed by atoms with E-state index in [9.17, 15) is 97.0 Å². The van der Waals surface area contributed by atoms with E-state index in [1.54, 1.807) is 39.3 Å². The largest absolute Gasteiger partial charge is 0.462 e. The summed E-state index contributed by atoms with van der Waals surface area (Å²) >= 11 is 0. The summed E-state index contributed by atoms with van der Waals surface area (Å²) in [6, 6.07) is -0.324. The SMILES string of the molecule is C[Si]1(C)O[Si](C)(C)O[Si](C)(CCCOC(=O)C(F)(F)OC(F)(F)C(F)(OC(F)(F)C(F)(OC(F)(F)C(F)(F)C(F)(F)F)C(F)(F)F)C(F)(F)F)O[Si](C)(C)O1. The Bertz CT molecular complexity index is 1350. The summed E-state index contributed by atoms with van der Waals surface area (Å²) in [4.78, 5) is 11.8. The summed E-state index contributed by atoms with van der Waals surface area (Å²) in [5.41, 5.74) is 0. The molecule has 55 heavy (non-hydrogen) atoms. The first-order valence-corrected chi connectivity index (χ1v) is 25.1. The van der Waals surface area contributed by atoms with Crippen LogP contribution in [0.4, 0.5) is 92.2 Å². The van der Waals surface area contributed by atoms with Crippen LogP contribution in [-0.2, 0) is 40.2 Å². The van der Waals surface area contributed by atoms with Crippen LogP contribution in [0.2, 0.25) is 51.9 Å². The number of carbonyl (C=O) groups excluding carboxylic acids is 1. The summed E-state index contributed by atoms with van der Waals surface area (Å²) in [6.07, 6.45) is -56.6. The first-order valence-electron chi connectivity index (χ1n) is 14.1. The monoisotopic (exact) mass is 934 g/mol. The molecule has 2 unspecified atom stereocenters. The van der Waals surface area contributed by atoms with E-state index in [-0.39, 0.29) is 6.04 Å². The van der Waals surface area contributed by atoms with Crippen molar-refractivity contribution >= 4 is 40.2 Å². The second-order valence-corrected chi connectivity index (χ2v) is 27.0.